The number of anilines is 1. The lowest BCUT2D eigenvalue weighted by Crippen LogP contribution is -2.25. The van der Waals surface area contributed by atoms with Gasteiger partial charge in [-0.05, 0) is 30.6 Å². The number of hydrogen-bond donors (Lipinski definition) is 1. The van der Waals surface area contributed by atoms with Crippen LogP contribution in [0.3, 0.4) is 0 Å². The van der Waals surface area contributed by atoms with E-state index in [1.807, 2.05) is 6.20 Å². The van der Waals surface area contributed by atoms with E-state index < -0.39 is 0 Å². The first-order valence-electron chi connectivity index (χ1n) is 6.86. The van der Waals surface area contributed by atoms with E-state index in [1.165, 1.54) is 12.8 Å². The summed E-state index contributed by atoms with van der Waals surface area (Å²) in [5.41, 5.74) is 0. The molecule has 0 unspecified atom stereocenters. The SMILES string of the molecule is CC(C)C(CNc1nccn1C1CC1)C(C)C. The minimum Gasteiger partial charge on any atom is -0.355 e. The average molecular weight is 235 g/mol. The smallest absolute Gasteiger partial charge is 0.203 e. The van der Waals surface area contributed by atoms with Gasteiger partial charge in [-0.3, -0.25) is 0 Å². The third-order valence-corrected chi connectivity index (χ3v) is 3.82. The van der Waals surface area contributed by atoms with Crippen molar-refractivity contribution in [1.29, 1.82) is 0 Å². The van der Waals surface area contributed by atoms with Crippen LogP contribution in [-0.2, 0) is 0 Å². The Kier molecular flexibility index (Phi) is 3.75. The molecule has 0 aromatic carbocycles. The molecule has 1 aliphatic rings. The van der Waals surface area contributed by atoms with E-state index in [9.17, 15) is 0 Å². The van der Waals surface area contributed by atoms with Crippen LogP contribution in [0, 0.1) is 17.8 Å². The molecular weight excluding hydrogens is 210 g/mol. The van der Waals surface area contributed by atoms with Crippen LogP contribution in [0.1, 0.15) is 46.6 Å². The molecule has 17 heavy (non-hydrogen) atoms. The summed E-state index contributed by atoms with van der Waals surface area (Å²) in [6, 6.07) is 0.705. The molecule has 1 aromatic rings. The van der Waals surface area contributed by atoms with E-state index >= 15 is 0 Å². The molecule has 1 fully saturated rings. The van der Waals surface area contributed by atoms with E-state index in [-0.39, 0.29) is 0 Å². The van der Waals surface area contributed by atoms with Crippen LogP contribution in [-0.4, -0.2) is 16.1 Å². The molecule has 1 aromatic heterocycles. The third-order valence-electron chi connectivity index (χ3n) is 3.82. The Hall–Kier alpha value is -0.990. The maximum absolute atomic E-state index is 4.42. The lowest BCUT2D eigenvalue weighted by molar-refractivity contribution is 0.303. The summed E-state index contributed by atoms with van der Waals surface area (Å²) in [7, 11) is 0. The first-order chi connectivity index (χ1) is 8.09. The van der Waals surface area contributed by atoms with Crippen molar-refractivity contribution >= 4 is 5.95 Å². The van der Waals surface area contributed by atoms with Gasteiger partial charge in [0, 0.05) is 25.0 Å². The molecule has 0 bridgehead atoms. The van der Waals surface area contributed by atoms with Crippen LogP contribution >= 0.6 is 0 Å². The van der Waals surface area contributed by atoms with Crippen LogP contribution in [0.5, 0.6) is 0 Å². The Morgan fingerprint density at radius 1 is 1.29 bits per heavy atom. The Balaban J connectivity index is 1.93. The Morgan fingerprint density at radius 3 is 2.47 bits per heavy atom. The predicted octanol–water partition coefficient (Wildman–Crippen LogP) is 3.56. The molecule has 1 saturated carbocycles. The summed E-state index contributed by atoms with van der Waals surface area (Å²) in [6.45, 7) is 10.2. The second kappa shape index (κ2) is 5.11. The fraction of sp³-hybridized carbons (Fsp3) is 0.786. The van der Waals surface area contributed by atoms with Crippen molar-refractivity contribution in [3.8, 4) is 0 Å². The minimum atomic E-state index is 0.705. The maximum atomic E-state index is 4.42. The van der Waals surface area contributed by atoms with Gasteiger partial charge in [-0.2, -0.15) is 0 Å². The number of nitrogens with one attached hydrogen (secondary N) is 1. The van der Waals surface area contributed by atoms with Gasteiger partial charge in [0.2, 0.25) is 5.95 Å². The third kappa shape index (κ3) is 3.02. The van der Waals surface area contributed by atoms with Crippen LogP contribution in [0.25, 0.3) is 0 Å². The topological polar surface area (TPSA) is 29.9 Å². The standard InChI is InChI=1S/C14H25N3/c1-10(2)13(11(3)4)9-16-14-15-7-8-17(14)12-5-6-12/h7-8,10-13H,5-6,9H2,1-4H3,(H,15,16). The van der Waals surface area contributed by atoms with Crippen molar-refractivity contribution in [2.75, 3.05) is 11.9 Å². The highest BCUT2D eigenvalue weighted by Gasteiger charge is 2.26. The van der Waals surface area contributed by atoms with Crippen molar-refractivity contribution in [3.05, 3.63) is 12.4 Å². The molecule has 3 heteroatoms. The average Bonchev–Trinajstić information content (AvgIpc) is 2.98. The van der Waals surface area contributed by atoms with Crippen molar-refractivity contribution < 1.29 is 0 Å². The number of imidazole rings is 1. The molecule has 96 valence electrons. The van der Waals surface area contributed by atoms with E-state index in [0.717, 1.165) is 12.5 Å². The highest BCUT2D eigenvalue weighted by Crippen LogP contribution is 2.36. The van der Waals surface area contributed by atoms with Crippen LogP contribution in [0.15, 0.2) is 12.4 Å². The summed E-state index contributed by atoms with van der Waals surface area (Å²) in [6.07, 6.45) is 6.62. The molecular formula is C14H25N3. The summed E-state index contributed by atoms with van der Waals surface area (Å²) in [5, 5.41) is 3.53. The highest BCUT2D eigenvalue weighted by molar-refractivity contribution is 5.27. The molecule has 0 amide bonds. The number of hydrogen-bond acceptors (Lipinski definition) is 2. The van der Waals surface area contributed by atoms with Gasteiger partial charge in [0.15, 0.2) is 0 Å². The zero-order chi connectivity index (χ0) is 12.4. The van der Waals surface area contributed by atoms with Crippen LogP contribution in [0.4, 0.5) is 5.95 Å². The molecule has 3 nitrogen and oxygen atoms in total. The summed E-state index contributed by atoms with van der Waals surface area (Å²) >= 11 is 0. The molecule has 0 aliphatic heterocycles. The first kappa shape index (κ1) is 12.5. The molecule has 0 saturated heterocycles. The van der Waals surface area contributed by atoms with E-state index in [1.54, 1.807) is 0 Å². The van der Waals surface area contributed by atoms with Gasteiger partial charge in [0.25, 0.3) is 0 Å². The molecule has 1 heterocycles. The number of rotatable bonds is 6. The largest absolute Gasteiger partial charge is 0.355 e. The molecule has 0 atom stereocenters. The zero-order valence-corrected chi connectivity index (χ0v) is 11.5. The predicted molar refractivity (Wildman–Crippen MR) is 72.2 cm³/mol. The van der Waals surface area contributed by atoms with Gasteiger partial charge in [0.1, 0.15) is 0 Å². The molecule has 1 N–H and O–H groups in total. The number of nitrogens with zero attached hydrogens (tertiary/aromatic N) is 2. The monoisotopic (exact) mass is 235 g/mol. The van der Waals surface area contributed by atoms with Gasteiger partial charge in [-0.15, -0.1) is 0 Å². The lowest BCUT2D eigenvalue weighted by atomic mass is 9.85. The molecule has 0 spiro atoms. The molecule has 0 radical (unpaired) electrons. The highest BCUT2D eigenvalue weighted by atomic mass is 15.2. The molecule has 1 aliphatic carbocycles. The maximum Gasteiger partial charge on any atom is 0.203 e. The van der Waals surface area contributed by atoms with Crippen molar-refractivity contribution in [1.82, 2.24) is 9.55 Å². The van der Waals surface area contributed by atoms with Gasteiger partial charge in [0.05, 0.1) is 0 Å². The Bertz CT molecular complexity index is 342. The Labute approximate surface area is 105 Å². The second-order valence-corrected chi connectivity index (χ2v) is 5.92. The van der Waals surface area contributed by atoms with E-state index in [0.29, 0.717) is 23.8 Å². The van der Waals surface area contributed by atoms with Gasteiger partial charge in [-0.25, -0.2) is 4.98 Å². The van der Waals surface area contributed by atoms with Gasteiger partial charge < -0.3 is 9.88 Å². The van der Waals surface area contributed by atoms with Crippen molar-refractivity contribution in [3.63, 3.8) is 0 Å². The normalized spacial score (nSPS) is 16.2. The Morgan fingerprint density at radius 2 is 1.94 bits per heavy atom. The summed E-state index contributed by atoms with van der Waals surface area (Å²) < 4.78 is 2.29. The van der Waals surface area contributed by atoms with Crippen molar-refractivity contribution in [2.24, 2.45) is 17.8 Å². The summed E-state index contributed by atoms with van der Waals surface area (Å²) in [4.78, 5) is 4.42. The van der Waals surface area contributed by atoms with Crippen LogP contribution in [0.2, 0.25) is 0 Å². The van der Waals surface area contributed by atoms with Crippen molar-refractivity contribution in [2.45, 2.75) is 46.6 Å². The quantitative estimate of drug-likeness (QED) is 0.817. The van der Waals surface area contributed by atoms with Crippen LogP contribution < -0.4 is 5.32 Å². The van der Waals surface area contributed by atoms with Gasteiger partial charge >= 0.3 is 0 Å². The molecule has 2 rings (SSSR count). The fourth-order valence-corrected chi connectivity index (χ4v) is 2.55. The minimum absolute atomic E-state index is 0.705. The zero-order valence-electron chi connectivity index (χ0n) is 11.5. The summed E-state index contributed by atoms with van der Waals surface area (Å²) in [5.74, 6) is 3.19. The fourth-order valence-electron chi connectivity index (χ4n) is 2.55. The lowest BCUT2D eigenvalue weighted by Gasteiger charge is -2.25. The second-order valence-electron chi connectivity index (χ2n) is 5.92. The van der Waals surface area contributed by atoms with Gasteiger partial charge in [-0.1, -0.05) is 27.7 Å². The first-order valence-corrected chi connectivity index (χ1v) is 6.86. The number of aromatic nitrogens is 2. The van der Waals surface area contributed by atoms with E-state index in [4.69, 9.17) is 0 Å². The van der Waals surface area contributed by atoms with E-state index in [2.05, 4.69) is 48.8 Å².